The molecular weight excluding hydrogens is 180 g/mol. The summed E-state index contributed by atoms with van der Waals surface area (Å²) in [6.45, 7) is 0. The van der Waals surface area contributed by atoms with Gasteiger partial charge in [0.25, 0.3) is 0 Å². The number of hydrogen-bond donors (Lipinski definition) is 2. The van der Waals surface area contributed by atoms with Crippen molar-refractivity contribution in [2.24, 2.45) is 0 Å². The van der Waals surface area contributed by atoms with Gasteiger partial charge in [-0.15, -0.1) is 0 Å². The maximum absolute atomic E-state index is 9.76. The number of ether oxygens (including phenoxy) is 1. The molecule has 3 nitrogen and oxygen atoms in total. The predicted molar refractivity (Wildman–Crippen MR) is 52.5 cm³/mol. The molecule has 1 saturated carbocycles. The normalized spacial score (nSPS) is 17.9. The Kier molecular flexibility index (Phi) is 2.11. The summed E-state index contributed by atoms with van der Waals surface area (Å²) in [7, 11) is 1.59. The van der Waals surface area contributed by atoms with E-state index in [1.807, 2.05) is 0 Å². The van der Waals surface area contributed by atoms with Crippen LogP contribution in [0.3, 0.4) is 0 Å². The topological polar surface area (TPSA) is 49.7 Å². The van der Waals surface area contributed by atoms with Gasteiger partial charge in [-0.1, -0.05) is 0 Å². The van der Waals surface area contributed by atoms with E-state index >= 15 is 0 Å². The molecular formula is C11H14O3. The van der Waals surface area contributed by atoms with Crippen LogP contribution in [0, 0.1) is 0 Å². The lowest BCUT2D eigenvalue weighted by Gasteiger charge is -2.11. The highest BCUT2D eigenvalue weighted by molar-refractivity contribution is 5.41. The van der Waals surface area contributed by atoms with Gasteiger partial charge < -0.3 is 14.9 Å². The van der Waals surface area contributed by atoms with Crippen molar-refractivity contribution in [2.45, 2.75) is 24.9 Å². The number of methoxy groups -OCH3 is 1. The molecule has 0 bridgehead atoms. The van der Waals surface area contributed by atoms with Crippen molar-refractivity contribution < 1.29 is 14.9 Å². The Bertz CT molecular complexity index is 342. The molecule has 0 aliphatic heterocycles. The molecule has 0 unspecified atom stereocenters. The highest BCUT2D eigenvalue weighted by atomic mass is 16.5. The van der Waals surface area contributed by atoms with Gasteiger partial charge in [0.05, 0.1) is 12.7 Å². The fourth-order valence-corrected chi connectivity index (χ4v) is 1.58. The molecule has 2 rings (SSSR count). The fraction of sp³-hybridized carbons (Fsp3) is 0.455. The van der Waals surface area contributed by atoms with Crippen LogP contribution in [0.15, 0.2) is 18.2 Å². The molecule has 2 N–H and O–H groups in total. The van der Waals surface area contributed by atoms with Crippen LogP contribution in [0.4, 0.5) is 0 Å². The third-order valence-corrected chi connectivity index (χ3v) is 2.61. The van der Waals surface area contributed by atoms with Gasteiger partial charge >= 0.3 is 0 Å². The molecule has 1 aromatic carbocycles. The molecule has 0 atom stereocenters. The molecule has 0 aromatic heterocycles. The molecule has 1 fully saturated rings. The van der Waals surface area contributed by atoms with Gasteiger partial charge in [0, 0.05) is 12.0 Å². The van der Waals surface area contributed by atoms with Crippen LogP contribution in [-0.2, 0) is 6.42 Å². The number of aromatic hydroxyl groups is 1. The monoisotopic (exact) mass is 194 g/mol. The molecule has 0 amide bonds. The number of phenolic OH excluding ortho intramolecular Hbond substituents is 1. The minimum absolute atomic E-state index is 0.213. The summed E-state index contributed by atoms with van der Waals surface area (Å²) in [4.78, 5) is 0. The van der Waals surface area contributed by atoms with Crippen molar-refractivity contribution in [2.75, 3.05) is 7.11 Å². The van der Waals surface area contributed by atoms with Crippen molar-refractivity contribution in [1.29, 1.82) is 0 Å². The van der Waals surface area contributed by atoms with Gasteiger partial charge in [0.2, 0.25) is 0 Å². The van der Waals surface area contributed by atoms with Crippen LogP contribution >= 0.6 is 0 Å². The van der Waals surface area contributed by atoms with Gasteiger partial charge in [-0.05, 0) is 31.0 Å². The molecule has 1 aliphatic rings. The Hall–Kier alpha value is -1.22. The number of hydrogen-bond acceptors (Lipinski definition) is 3. The van der Waals surface area contributed by atoms with Crippen LogP contribution < -0.4 is 4.74 Å². The van der Waals surface area contributed by atoms with E-state index in [1.54, 1.807) is 25.3 Å². The molecule has 0 spiro atoms. The first-order valence-electron chi connectivity index (χ1n) is 4.71. The summed E-state index contributed by atoms with van der Waals surface area (Å²) >= 11 is 0. The summed E-state index contributed by atoms with van der Waals surface area (Å²) in [5, 5.41) is 19.1. The lowest BCUT2D eigenvalue weighted by Crippen LogP contribution is -2.11. The van der Waals surface area contributed by atoms with Crippen LogP contribution in [0.25, 0.3) is 0 Å². The third kappa shape index (κ3) is 1.82. The summed E-state index contributed by atoms with van der Waals surface area (Å²) < 4.78 is 5.15. The Morgan fingerprint density at radius 1 is 1.43 bits per heavy atom. The highest BCUT2D eigenvalue weighted by Gasteiger charge is 2.40. The van der Waals surface area contributed by atoms with Crippen LogP contribution in [0.1, 0.15) is 18.4 Å². The van der Waals surface area contributed by atoms with E-state index in [-0.39, 0.29) is 5.75 Å². The maximum atomic E-state index is 9.76. The quantitative estimate of drug-likeness (QED) is 0.766. The zero-order chi connectivity index (χ0) is 10.2. The lowest BCUT2D eigenvalue weighted by molar-refractivity contribution is 0.150. The van der Waals surface area contributed by atoms with E-state index in [0.29, 0.717) is 6.42 Å². The average Bonchev–Trinajstić information content (AvgIpc) is 2.84. The Labute approximate surface area is 83.0 Å². The van der Waals surface area contributed by atoms with E-state index in [4.69, 9.17) is 4.74 Å². The first-order valence-corrected chi connectivity index (χ1v) is 4.71. The molecule has 0 saturated heterocycles. The molecule has 76 valence electrons. The van der Waals surface area contributed by atoms with E-state index in [1.165, 1.54) is 0 Å². The largest absolute Gasteiger partial charge is 0.508 e. The van der Waals surface area contributed by atoms with Gasteiger partial charge in [-0.25, -0.2) is 0 Å². The second kappa shape index (κ2) is 3.17. The molecule has 3 heteroatoms. The zero-order valence-corrected chi connectivity index (χ0v) is 8.16. The second-order valence-corrected chi connectivity index (χ2v) is 3.90. The van der Waals surface area contributed by atoms with E-state index in [9.17, 15) is 10.2 Å². The Morgan fingerprint density at radius 3 is 2.71 bits per heavy atom. The molecule has 1 aromatic rings. The van der Waals surface area contributed by atoms with Crippen LogP contribution in [-0.4, -0.2) is 22.9 Å². The van der Waals surface area contributed by atoms with Crippen LogP contribution in [0.2, 0.25) is 0 Å². The smallest absolute Gasteiger partial charge is 0.122 e. The van der Waals surface area contributed by atoms with E-state index in [2.05, 4.69) is 0 Å². The van der Waals surface area contributed by atoms with Gasteiger partial charge in [-0.2, -0.15) is 0 Å². The number of rotatable bonds is 3. The van der Waals surface area contributed by atoms with Gasteiger partial charge in [0.15, 0.2) is 0 Å². The lowest BCUT2D eigenvalue weighted by atomic mass is 10.1. The average molecular weight is 194 g/mol. The fourth-order valence-electron chi connectivity index (χ4n) is 1.58. The van der Waals surface area contributed by atoms with Crippen molar-refractivity contribution in [3.63, 3.8) is 0 Å². The first-order chi connectivity index (χ1) is 6.63. The maximum Gasteiger partial charge on any atom is 0.122 e. The number of benzene rings is 1. The minimum atomic E-state index is -0.554. The summed E-state index contributed by atoms with van der Waals surface area (Å²) in [5.41, 5.74) is 0.314. The highest BCUT2D eigenvalue weighted by Crippen LogP contribution is 2.40. The van der Waals surface area contributed by atoms with Gasteiger partial charge in [0.1, 0.15) is 11.5 Å². The minimum Gasteiger partial charge on any atom is -0.508 e. The SMILES string of the molecule is COc1ccc(O)cc1CC1(O)CC1. The summed E-state index contributed by atoms with van der Waals surface area (Å²) in [6.07, 6.45) is 2.24. The Balaban J connectivity index is 2.25. The molecule has 1 aliphatic carbocycles. The predicted octanol–water partition coefficient (Wildman–Crippen LogP) is 1.47. The van der Waals surface area contributed by atoms with Crippen molar-refractivity contribution in [3.05, 3.63) is 23.8 Å². The number of phenols is 1. The van der Waals surface area contributed by atoms with Crippen molar-refractivity contribution >= 4 is 0 Å². The zero-order valence-electron chi connectivity index (χ0n) is 8.16. The third-order valence-electron chi connectivity index (χ3n) is 2.61. The van der Waals surface area contributed by atoms with E-state index in [0.717, 1.165) is 24.2 Å². The number of aliphatic hydroxyl groups is 1. The molecule has 0 radical (unpaired) electrons. The molecule has 0 heterocycles. The van der Waals surface area contributed by atoms with Gasteiger partial charge in [-0.3, -0.25) is 0 Å². The summed E-state index contributed by atoms with van der Waals surface area (Å²) in [6, 6.07) is 4.95. The van der Waals surface area contributed by atoms with E-state index < -0.39 is 5.60 Å². The standard InChI is InChI=1S/C11H14O3/c1-14-10-3-2-9(12)6-8(10)7-11(13)4-5-11/h2-3,6,12-13H,4-5,7H2,1H3. The van der Waals surface area contributed by atoms with Crippen LogP contribution in [0.5, 0.6) is 11.5 Å². The first kappa shape index (κ1) is 9.34. The Morgan fingerprint density at radius 2 is 2.14 bits per heavy atom. The summed E-state index contributed by atoms with van der Waals surface area (Å²) in [5.74, 6) is 0.938. The van der Waals surface area contributed by atoms with Crippen molar-refractivity contribution in [1.82, 2.24) is 0 Å². The second-order valence-electron chi connectivity index (χ2n) is 3.90. The van der Waals surface area contributed by atoms with Crippen molar-refractivity contribution in [3.8, 4) is 11.5 Å². The molecule has 14 heavy (non-hydrogen) atoms.